The van der Waals surface area contributed by atoms with Crippen LogP contribution in [0, 0.1) is 11.3 Å². The number of aliphatic hydroxyl groups excluding tert-OH is 1. The zero-order valence-electron chi connectivity index (χ0n) is 12.2. The van der Waals surface area contributed by atoms with Crippen LogP contribution in [0.15, 0.2) is 0 Å². The van der Waals surface area contributed by atoms with E-state index >= 15 is 0 Å². The minimum Gasteiger partial charge on any atom is -0.393 e. The number of rotatable bonds is 5. The Labute approximate surface area is 111 Å². The van der Waals surface area contributed by atoms with Crippen LogP contribution in [0.3, 0.4) is 0 Å². The maximum Gasteiger partial charge on any atom is 0.228 e. The van der Waals surface area contributed by atoms with Crippen molar-refractivity contribution < 1.29 is 9.90 Å². The first kappa shape index (κ1) is 15.4. The quantitative estimate of drug-likeness (QED) is 0.778. The first-order valence-electron chi connectivity index (χ1n) is 7.00. The molecule has 1 amide bonds. The van der Waals surface area contributed by atoms with Gasteiger partial charge in [0.15, 0.2) is 0 Å². The lowest BCUT2D eigenvalue weighted by Crippen LogP contribution is -2.48. The molecule has 2 atom stereocenters. The number of piperidine rings is 1. The third-order valence-electron chi connectivity index (χ3n) is 4.10. The molecule has 2 unspecified atom stereocenters. The van der Waals surface area contributed by atoms with Crippen molar-refractivity contribution in [1.82, 2.24) is 10.2 Å². The minimum atomic E-state index is -0.347. The van der Waals surface area contributed by atoms with Gasteiger partial charge in [-0.1, -0.05) is 13.8 Å². The summed E-state index contributed by atoms with van der Waals surface area (Å²) >= 11 is 0. The summed E-state index contributed by atoms with van der Waals surface area (Å²) in [6.45, 7) is 8.48. The lowest BCUT2D eigenvalue weighted by Gasteiger charge is -2.38. The van der Waals surface area contributed by atoms with Crippen molar-refractivity contribution in [3.63, 3.8) is 0 Å². The highest BCUT2D eigenvalue weighted by Gasteiger charge is 2.38. The molecule has 0 radical (unpaired) electrons. The molecule has 4 heteroatoms. The Morgan fingerprint density at radius 2 is 2.22 bits per heavy atom. The van der Waals surface area contributed by atoms with Gasteiger partial charge in [0.1, 0.15) is 0 Å². The zero-order chi connectivity index (χ0) is 13.8. The summed E-state index contributed by atoms with van der Waals surface area (Å²) in [5.41, 5.74) is -0.319. The summed E-state index contributed by atoms with van der Waals surface area (Å²) in [5, 5.41) is 12.7. The van der Waals surface area contributed by atoms with Crippen LogP contribution >= 0.6 is 0 Å². The van der Waals surface area contributed by atoms with Gasteiger partial charge in [-0.25, -0.2) is 0 Å². The Morgan fingerprint density at radius 1 is 1.56 bits per heavy atom. The number of carbonyl (C=O) groups excluding carboxylic acids is 1. The molecular formula is C14H28N2O2. The molecule has 1 saturated heterocycles. The average Bonchev–Trinajstić information content (AvgIpc) is 2.36. The first-order chi connectivity index (χ1) is 8.35. The van der Waals surface area contributed by atoms with Crippen LogP contribution < -0.4 is 5.32 Å². The molecule has 1 rings (SSSR count). The molecule has 1 heterocycles. The molecule has 1 aliphatic rings. The molecule has 0 saturated carbocycles. The van der Waals surface area contributed by atoms with Crippen molar-refractivity contribution in [2.75, 3.05) is 26.7 Å². The van der Waals surface area contributed by atoms with E-state index in [1.54, 1.807) is 11.8 Å². The zero-order valence-corrected chi connectivity index (χ0v) is 12.2. The number of nitrogens with zero attached hydrogens (tertiary/aromatic N) is 1. The molecule has 1 aliphatic heterocycles. The van der Waals surface area contributed by atoms with Gasteiger partial charge in [0.05, 0.1) is 6.10 Å². The molecule has 0 aromatic carbocycles. The van der Waals surface area contributed by atoms with Crippen molar-refractivity contribution in [1.29, 1.82) is 0 Å². The third kappa shape index (κ3) is 3.95. The summed E-state index contributed by atoms with van der Waals surface area (Å²) in [6, 6.07) is 0. The fourth-order valence-corrected chi connectivity index (χ4v) is 2.62. The van der Waals surface area contributed by atoms with Gasteiger partial charge in [-0.05, 0) is 45.2 Å². The number of nitrogens with one attached hydrogen (secondary N) is 1. The second kappa shape index (κ2) is 6.53. The number of aliphatic hydroxyl groups is 1. The smallest absolute Gasteiger partial charge is 0.228 e. The van der Waals surface area contributed by atoms with Crippen molar-refractivity contribution in [2.45, 2.75) is 46.1 Å². The van der Waals surface area contributed by atoms with Gasteiger partial charge >= 0.3 is 0 Å². The standard InChI is InChI=1S/C14H28N2O2/c1-11(17)7-9-16(4)13(18)14(2,3)12-6-5-8-15-10-12/h11-12,15,17H,5-10H2,1-4H3. The largest absolute Gasteiger partial charge is 0.393 e. The SMILES string of the molecule is CC(O)CCN(C)C(=O)C(C)(C)C1CCCNC1. The van der Waals surface area contributed by atoms with E-state index in [0.29, 0.717) is 18.9 Å². The normalized spacial score (nSPS) is 22.6. The molecule has 18 heavy (non-hydrogen) atoms. The third-order valence-corrected chi connectivity index (χ3v) is 4.10. The fraction of sp³-hybridized carbons (Fsp3) is 0.929. The average molecular weight is 256 g/mol. The predicted molar refractivity (Wildman–Crippen MR) is 73.3 cm³/mol. The van der Waals surface area contributed by atoms with Crippen molar-refractivity contribution in [3.05, 3.63) is 0 Å². The molecule has 0 bridgehead atoms. The van der Waals surface area contributed by atoms with Gasteiger partial charge in [-0.3, -0.25) is 4.79 Å². The lowest BCUT2D eigenvalue weighted by atomic mass is 9.74. The van der Waals surface area contributed by atoms with E-state index in [0.717, 1.165) is 25.9 Å². The van der Waals surface area contributed by atoms with Gasteiger partial charge in [-0.15, -0.1) is 0 Å². The highest BCUT2D eigenvalue weighted by Crippen LogP contribution is 2.33. The fourth-order valence-electron chi connectivity index (χ4n) is 2.62. The van der Waals surface area contributed by atoms with Gasteiger partial charge in [-0.2, -0.15) is 0 Å². The Morgan fingerprint density at radius 3 is 2.72 bits per heavy atom. The van der Waals surface area contributed by atoms with Crippen LogP contribution in [0.5, 0.6) is 0 Å². The predicted octanol–water partition coefficient (Wildman–Crippen LogP) is 1.24. The second-order valence-electron chi connectivity index (χ2n) is 6.13. The summed E-state index contributed by atoms with van der Waals surface area (Å²) in [7, 11) is 1.84. The lowest BCUT2D eigenvalue weighted by molar-refractivity contribution is -0.142. The molecule has 106 valence electrons. The van der Waals surface area contributed by atoms with E-state index in [-0.39, 0.29) is 17.4 Å². The molecular weight excluding hydrogens is 228 g/mol. The Bertz CT molecular complexity index is 271. The van der Waals surface area contributed by atoms with E-state index in [2.05, 4.69) is 5.32 Å². The van der Waals surface area contributed by atoms with Gasteiger partial charge in [0.2, 0.25) is 5.91 Å². The number of hydrogen-bond acceptors (Lipinski definition) is 3. The number of hydrogen-bond donors (Lipinski definition) is 2. The molecule has 2 N–H and O–H groups in total. The topological polar surface area (TPSA) is 52.6 Å². The van der Waals surface area contributed by atoms with Crippen molar-refractivity contribution in [2.24, 2.45) is 11.3 Å². The number of amides is 1. The van der Waals surface area contributed by atoms with Crippen LogP contribution in [0.4, 0.5) is 0 Å². The van der Waals surface area contributed by atoms with Crippen LogP contribution in [0.1, 0.15) is 40.0 Å². The molecule has 0 aromatic rings. The maximum absolute atomic E-state index is 12.5. The van der Waals surface area contributed by atoms with E-state index in [1.165, 1.54) is 0 Å². The van der Waals surface area contributed by atoms with Crippen LogP contribution in [0.2, 0.25) is 0 Å². The van der Waals surface area contributed by atoms with Crippen LogP contribution in [-0.4, -0.2) is 48.7 Å². The molecule has 0 aliphatic carbocycles. The van der Waals surface area contributed by atoms with E-state index in [4.69, 9.17) is 0 Å². The van der Waals surface area contributed by atoms with Crippen LogP contribution in [0.25, 0.3) is 0 Å². The molecule has 1 fully saturated rings. The van der Waals surface area contributed by atoms with E-state index in [9.17, 15) is 9.90 Å². The summed E-state index contributed by atoms with van der Waals surface area (Å²) in [4.78, 5) is 14.3. The number of carbonyl (C=O) groups is 1. The van der Waals surface area contributed by atoms with Gasteiger partial charge < -0.3 is 15.3 Å². The minimum absolute atomic E-state index is 0.192. The van der Waals surface area contributed by atoms with Crippen LogP contribution in [-0.2, 0) is 4.79 Å². The highest BCUT2D eigenvalue weighted by atomic mass is 16.3. The van der Waals surface area contributed by atoms with Crippen molar-refractivity contribution in [3.8, 4) is 0 Å². The Balaban J connectivity index is 2.56. The summed E-state index contributed by atoms with van der Waals surface area (Å²) in [5.74, 6) is 0.601. The Kier molecular flexibility index (Phi) is 5.60. The Hall–Kier alpha value is -0.610. The molecule has 0 aromatic heterocycles. The van der Waals surface area contributed by atoms with Crippen molar-refractivity contribution >= 4 is 5.91 Å². The molecule has 0 spiro atoms. The second-order valence-corrected chi connectivity index (χ2v) is 6.13. The monoisotopic (exact) mass is 256 g/mol. The van der Waals surface area contributed by atoms with E-state index in [1.807, 2.05) is 20.9 Å². The van der Waals surface area contributed by atoms with Gasteiger partial charge in [0.25, 0.3) is 0 Å². The van der Waals surface area contributed by atoms with E-state index < -0.39 is 0 Å². The molecule has 4 nitrogen and oxygen atoms in total. The summed E-state index contributed by atoms with van der Waals surface area (Å²) in [6.07, 6.45) is 2.57. The maximum atomic E-state index is 12.5. The first-order valence-corrected chi connectivity index (χ1v) is 7.00. The highest BCUT2D eigenvalue weighted by molar-refractivity contribution is 5.82. The summed E-state index contributed by atoms with van der Waals surface area (Å²) < 4.78 is 0. The van der Waals surface area contributed by atoms with Gasteiger partial charge in [0, 0.05) is 19.0 Å².